The van der Waals surface area contributed by atoms with E-state index in [1.165, 1.54) is 33.3 Å². The molecule has 0 radical (unpaired) electrons. The van der Waals surface area contributed by atoms with E-state index in [1.54, 1.807) is 0 Å². The molecule has 0 heterocycles. The summed E-state index contributed by atoms with van der Waals surface area (Å²) < 4.78 is 50.4. The Bertz CT molecular complexity index is 863. The van der Waals surface area contributed by atoms with Crippen LogP contribution >= 0.6 is 0 Å². The van der Waals surface area contributed by atoms with Crippen molar-refractivity contribution in [3.05, 3.63) is 47.8 Å². The van der Waals surface area contributed by atoms with Crippen LogP contribution in [0.5, 0.6) is 11.5 Å². The van der Waals surface area contributed by atoms with Crippen molar-refractivity contribution in [3.63, 3.8) is 0 Å². The molecule has 0 aliphatic heterocycles. The van der Waals surface area contributed by atoms with E-state index in [-0.39, 0.29) is 27.7 Å². The second kappa shape index (κ2) is 6.88. The molecule has 0 atom stereocenters. The van der Waals surface area contributed by atoms with Crippen LogP contribution in [0.3, 0.4) is 0 Å². The van der Waals surface area contributed by atoms with Crippen molar-refractivity contribution in [2.75, 3.05) is 18.9 Å². The van der Waals surface area contributed by atoms with Crippen molar-refractivity contribution in [1.82, 2.24) is 0 Å². The summed E-state index contributed by atoms with van der Waals surface area (Å²) in [4.78, 5) is 11.7. The molecule has 0 saturated heterocycles. The molecule has 0 aliphatic carbocycles. The molecule has 0 aliphatic rings. The average Bonchev–Trinajstić information content (AvgIpc) is 2.54. The summed E-state index contributed by atoms with van der Waals surface area (Å²) in [5, 5.41) is 0. The first kappa shape index (κ1) is 17.7. The van der Waals surface area contributed by atoms with Gasteiger partial charge in [-0.15, -0.1) is 0 Å². The van der Waals surface area contributed by atoms with Gasteiger partial charge in [-0.05, 0) is 37.3 Å². The number of ketones is 1. The third-order valence-corrected chi connectivity index (χ3v) is 4.65. The number of hydrogen-bond donors (Lipinski definition) is 1. The van der Waals surface area contributed by atoms with Crippen molar-refractivity contribution in [1.29, 1.82) is 0 Å². The summed E-state index contributed by atoms with van der Waals surface area (Å²) in [7, 11) is -1.20. The van der Waals surface area contributed by atoms with E-state index in [4.69, 9.17) is 9.47 Å². The monoisotopic (exact) mass is 353 g/mol. The summed E-state index contributed by atoms with van der Waals surface area (Å²) in [6, 6.07) is 7.09. The molecule has 2 aromatic carbocycles. The van der Waals surface area contributed by atoms with E-state index in [0.717, 1.165) is 24.3 Å². The van der Waals surface area contributed by atoms with E-state index in [2.05, 4.69) is 4.72 Å². The number of anilines is 1. The molecule has 0 unspecified atom stereocenters. The second-order valence-corrected chi connectivity index (χ2v) is 6.55. The van der Waals surface area contributed by atoms with Crippen LogP contribution in [0, 0.1) is 5.82 Å². The van der Waals surface area contributed by atoms with Gasteiger partial charge in [0.2, 0.25) is 0 Å². The summed E-state index contributed by atoms with van der Waals surface area (Å²) in [5.41, 5.74) is 0.169. The highest BCUT2D eigenvalue weighted by Gasteiger charge is 2.20. The number of nitrogens with one attached hydrogen (secondary N) is 1. The van der Waals surface area contributed by atoms with E-state index in [0.29, 0.717) is 5.75 Å². The SMILES string of the molecule is COc1cc(NS(=O)(=O)c2ccc(F)cc2)c(C(C)=O)cc1OC. The molecule has 0 saturated carbocycles. The Balaban J connectivity index is 2.51. The molecule has 2 aromatic rings. The van der Waals surface area contributed by atoms with Gasteiger partial charge in [-0.3, -0.25) is 9.52 Å². The van der Waals surface area contributed by atoms with Crippen molar-refractivity contribution in [2.24, 2.45) is 0 Å². The smallest absolute Gasteiger partial charge is 0.261 e. The number of rotatable bonds is 6. The number of carbonyl (C=O) groups is 1. The first-order valence-electron chi connectivity index (χ1n) is 6.84. The molecular weight excluding hydrogens is 337 g/mol. The molecule has 0 fully saturated rings. The molecule has 1 N–H and O–H groups in total. The molecule has 2 rings (SSSR count). The molecule has 0 spiro atoms. The summed E-state index contributed by atoms with van der Waals surface area (Å²) in [5.74, 6) is -0.344. The third kappa shape index (κ3) is 3.65. The molecule has 0 bridgehead atoms. The van der Waals surface area contributed by atoms with E-state index in [1.807, 2.05) is 0 Å². The Hall–Kier alpha value is -2.61. The highest BCUT2D eigenvalue weighted by atomic mass is 32.2. The van der Waals surface area contributed by atoms with Gasteiger partial charge in [-0.25, -0.2) is 12.8 Å². The predicted octanol–water partition coefficient (Wildman–Crippen LogP) is 2.85. The number of hydrogen-bond acceptors (Lipinski definition) is 5. The minimum Gasteiger partial charge on any atom is -0.493 e. The molecule has 128 valence electrons. The largest absolute Gasteiger partial charge is 0.493 e. The zero-order valence-corrected chi connectivity index (χ0v) is 14.1. The quantitative estimate of drug-likeness (QED) is 0.808. The van der Waals surface area contributed by atoms with Gasteiger partial charge in [0.15, 0.2) is 17.3 Å². The molecule has 0 amide bonds. The number of benzene rings is 2. The lowest BCUT2D eigenvalue weighted by atomic mass is 10.1. The lowest BCUT2D eigenvalue weighted by Crippen LogP contribution is -2.15. The van der Waals surface area contributed by atoms with Gasteiger partial charge in [0, 0.05) is 11.6 Å². The van der Waals surface area contributed by atoms with Crippen LogP contribution in [-0.2, 0) is 10.0 Å². The first-order valence-corrected chi connectivity index (χ1v) is 8.32. The van der Waals surface area contributed by atoms with Gasteiger partial charge in [-0.1, -0.05) is 0 Å². The first-order chi connectivity index (χ1) is 11.3. The fraction of sp³-hybridized carbons (Fsp3) is 0.188. The van der Waals surface area contributed by atoms with Crippen molar-refractivity contribution < 1.29 is 27.1 Å². The van der Waals surface area contributed by atoms with E-state index >= 15 is 0 Å². The molecule has 6 nitrogen and oxygen atoms in total. The minimum atomic E-state index is -4.00. The van der Waals surface area contributed by atoms with E-state index in [9.17, 15) is 17.6 Å². The van der Waals surface area contributed by atoms with Crippen molar-refractivity contribution >= 4 is 21.5 Å². The fourth-order valence-electron chi connectivity index (χ4n) is 2.07. The van der Waals surface area contributed by atoms with Gasteiger partial charge in [0.05, 0.1) is 24.8 Å². The Morgan fingerprint density at radius 2 is 1.58 bits per heavy atom. The summed E-state index contributed by atoms with van der Waals surface area (Å²) >= 11 is 0. The molecular formula is C16H16FNO5S. The standard InChI is InChI=1S/C16H16FNO5S/c1-10(19)13-8-15(22-2)16(23-3)9-14(13)18-24(20,21)12-6-4-11(17)5-7-12/h4-9,18H,1-3H3. The maximum absolute atomic E-state index is 13.0. The highest BCUT2D eigenvalue weighted by Crippen LogP contribution is 2.34. The van der Waals surface area contributed by atoms with Gasteiger partial charge in [-0.2, -0.15) is 0 Å². The van der Waals surface area contributed by atoms with Crippen LogP contribution in [0.25, 0.3) is 0 Å². The van der Waals surface area contributed by atoms with Crippen molar-refractivity contribution in [3.8, 4) is 11.5 Å². The molecule has 24 heavy (non-hydrogen) atoms. The van der Waals surface area contributed by atoms with Crippen LogP contribution in [0.15, 0.2) is 41.3 Å². The van der Waals surface area contributed by atoms with Crippen LogP contribution in [-0.4, -0.2) is 28.4 Å². The lowest BCUT2D eigenvalue weighted by Gasteiger charge is -2.15. The third-order valence-electron chi connectivity index (χ3n) is 3.27. The maximum atomic E-state index is 13.0. The topological polar surface area (TPSA) is 81.7 Å². The number of halogens is 1. The number of Topliss-reactive ketones (excluding diaryl/α,β-unsaturated/α-hetero) is 1. The minimum absolute atomic E-state index is 0.0458. The second-order valence-electron chi connectivity index (χ2n) is 4.87. The Morgan fingerprint density at radius 1 is 1.04 bits per heavy atom. The van der Waals surface area contributed by atoms with Crippen molar-refractivity contribution in [2.45, 2.75) is 11.8 Å². The fourth-order valence-corrected chi connectivity index (χ4v) is 3.14. The highest BCUT2D eigenvalue weighted by molar-refractivity contribution is 7.92. The molecule has 8 heteroatoms. The Morgan fingerprint density at radius 3 is 2.08 bits per heavy atom. The van der Waals surface area contributed by atoms with Crippen LogP contribution in [0.4, 0.5) is 10.1 Å². The van der Waals surface area contributed by atoms with Gasteiger partial charge >= 0.3 is 0 Å². The van der Waals surface area contributed by atoms with Gasteiger partial charge in [0.25, 0.3) is 10.0 Å². The molecule has 0 aromatic heterocycles. The predicted molar refractivity (Wildman–Crippen MR) is 86.8 cm³/mol. The van der Waals surface area contributed by atoms with Crippen LogP contribution < -0.4 is 14.2 Å². The summed E-state index contributed by atoms with van der Waals surface area (Å²) in [6.45, 7) is 1.30. The maximum Gasteiger partial charge on any atom is 0.261 e. The Labute approximate surface area is 139 Å². The zero-order chi connectivity index (χ0) is 17.9. The van der Waals surface area contributed by atoms with Crippen LogP contribution in [0.2, 0.25) is 0 Å². The average molecular weight is 353 g/mol. The Kier molecular flexibility index (Phi) is 5.08. The number of sulfonamides is 1. The number of carbonyl (C=O) groups excluding carboxylic acids is 1. The lowest BCUT2D eigenvalue weighted by molar-refractivity contribution is 0.101. The van der Waals surface area contributed by atoms with E-state index < -0.39 is 15.8 Å². The zero-order valence-electron chi connectivity index (χ0n) is 13.3. The summed E-state index contributed by atoms with van der Waals surface area (Å²) in [6.07, 6.45) is 0. The number of methoxy groups -OCH3 is 2. The normalized spacial score (nSPS) is 11.0. The van der Waals surface area contributed by atoms with Crippen LogP contribution in [0.1, 0.15) is 17.3 Å². The van der Waals surface area contributed by atoms with Gasteiger partial charge in [0.1, 0.15) is 5.82 Å². The van der Waals surface area contributed by atoms with Gasteiger partial charge < -0.3 is 9.47 Å². The number of ether oxygens (including phenoxy) is 2.